The van der Waals surface area contributed by atoms with E-state index in [9.17, 15) is 0 Å². The van der Waals surface area contributed by atoms with Crippen LogP contribution in [0.15, 0.2) is 36.4 Å². The maximum atomic E-state index is 5.91. The van der Waals surface area contributed by atoms with Crippen LogP contribution < -0.4 is 0 Å². The Balaban J connectivity index is 1.48. The summed E-state index contributed by atoms with van der Waals surface area (Å²) < 4.78 is 11.1. The SMILES string of the molecule is COCCN1CCC(CN(C/C=C/c2ccccc2)C[C@@H]2CCCO2)CC1. The Morgan fingerprint density at radius 2 is 1.96 bits per heavy atom. The van der Waals surface area contributed by atoms with Gasteiger partial charge >= 0.3 is 0 Å². The van der Waals surface area contributed by atoms with Crippen LogP contribution in [-0.4, -0.2) is 75.5 Å². The highest BCUT2D eigenvalue weighted by molar-refractivity contribution is 5.48. The van der Waals surface area contributed by atoms with Gasteiger partial charge in [-0.3, -0.25) is 4.90 Å². The smallest absolute Gasteiger partial charge is 0.0702 e. The second kappa shape index (κ2) is 11.6. The molecule has 0 spiro atoms. The third kappa shape index (κ3) is 7.38. The minimum absolute atomic E-state index is 0.428. The van der Waals surface area contributed by atoms with Crippen molar-refractivity contribution in [2.45, 2.75) is 31.8 Å². The molecule has 150 valence electrons. The van der Waals surface area contributed by atoms with Gasteiger partial charge in [-0.1, -0.05) is 42.5 Å². The molecule has 0 aromatic heterocycles. The fourth-order valence-corrected chi connectivity index (χ4v) is 4.18. The molecule has 27 heavy (non-hydrogen) atoms. The highest BCUT2D eigenvalue weighted by Crippen LogP contribution is 2.20. The van der Waals surface area contributed by atoms with E-state index in [1.165, 1.54) is 50.9 Å². The molecule has 1 aromatic rings. The largest absolute Gasteiger partial charge is 0.383 e. The Hall–Kier alpha value is -1.20. The number of ether oxygens (including phenoxy) is 2. The molecule has 0 N–H and O–H groups in total. The maximum absolute atomic E-state index is 5.91. The van der Waals surface area contributed by atoms with Crippen LogP contribution in [0.3, 0.4) is 0 Å². The van der Waals surface area contributed by atoms with Crippen LogP contribution in [0, 0.1) is 5.92 Å². The molecule has 0 unspecified atom stereocenters. The van der Waals surface area contributed by atoms with Crippen molar-refractivity contribution < 1.29 is 9.47 Å². The first-order chi connectivity index (χ1) is 13.3. The molecular weight excluding hydrogens is 336 g/mol. The Kier molecular flexibility index (Phi) is 8.82. The van der Waals surface area contributed by atoms with Gasteiger partial charge in [0.2, 0.25) is 0 Å². The van der Waals surface area contributed by atoms with Crippen LogP contribution >= 0.6 is 0 Å². The molecule has 2 fully saturated rings. The van der Waals surface area contributed by atoms with Gasteiger partial charge in [0.25, 0.3) is 0 Å². The quantitative estimate of drug-likeness (QED) is 0.627. The average molecular weight is 373 g/mol. The lowest BCUT2D eigenvalue weighted by Gasteiger charge is -2.35. The highest BCUT2D eigenvalue weighted by atomic mass is 16.5. The van der Waals surface area contributed by atoms with Crippen molar-refractivity contribution >= 4 is 6.08 Å². The molecule has 0 amide bonds. The van der Waals surface area contributed by atoms with Gasteiger partial charge in [-0.05, 0) is 50.3 Å². The van der Waals surface area contributed by atoms with Crippen LogP contribution in [0.1, 0.15) is 31.2 Å². The lowest BCUT2D eigenvalue weighted by atomic mass is 9.96. The molecule has 2 aliphatic rings. The summed E-state index contributed by atoms with van der Waals surface area (Å²) in [6.07, 6.45) is 10.0. The van der Waals surface area contributed by atoms with Gasteiger partial charge in [0, 0.05) is 39.9 Å². The highest BCUT2D eigenvalue weighted by Gasteiger charge is 2.24. The third-order valence-electron chi connectivity index (χ3n) is 5.79. The number of nitrogens with zero attached hydrogens (tertiary/aromatic N) is 2. The summed E-state index contributed by atoms with van der Waals surface area (Å²) in [5.41, 5.74) is 1.28. The topological polar surface area (TPSA) is 24.9 Å². The van der Waals surface area contributed by atoms with Crippen molar-refractivity contribution in [2.75, 3.05) is 59.6 Å². The Labute approximate surface area is 165 Å². The molecule has 2 heterocycles. The zero-order valence-corrected chi connectivity index (χ0v) is 16.9. The number of likely N-dealkylation sites (tertiary alicyclic amines) is 1. The second-order valence-corrected chi connectivity index (χ2v) is 7.94. The van der Waals surface area contributed by atoms with Gasteiger partial charge in [-0.15, -0.1) is 0 Å². The lowest BCUT2D eigenvalue weighted by molar-refractivity contribution is 0.0625. The van der Waals surface area contributed by atoms with Gasteiger partial charge in [0.1, 0.15) is 0 Å². The van der Waals surface area contributed by atoms with E-state index in [1.807, 2.05) is 0 Å². The van der Waals surface area contributed by atoms with E-state index in [4.69, 9.17) is 9.47 Å². The zero-order chi connectivity index (χ0) is 18.7. The zero-order valence-electron chi connectivity index (χ0n) is 16.9. The van der Waals surface area contributed by atoms with E-state index in [-0.39, 0.29) is 0 Å². The molecule has 4 heteroatoms. The van der Waals surface area contributed by atoms with Crippen LogP contribution in [0.4, 0.5) is 0 Å². The summed E-state index contributed by atoms with van der Waals surface area (Å²) >= 11 is 0. The van der Waals surface area contributed by atoms with Crippen molar-refractivity contribution in [2.24, 2.45) is 5.92 Å². The number of benzene rings is 1. The van der Waals surface area contributed by atoms with Gasteiger partial charge in [-0.2, -0.15) is 0 Å². The minimum Gasteiger partial charge on any atom is -0.383 e. The number of methoxy groups -OCH3 is 1. The van der Waals surface area contributed by atoms with Crippen molar-refractivity contribution in [3.63, 3.8) is 0 Å². The van der Waals surface area contributed by atoms with Crippen LogP contribution in [0.5, 0.6) is 0 Å². The van der Waals surface area contributed by atoms with E-state index in [0.29, 0.717) is 6.10 Å². The molecule has 1 aromatic carbocycles. The average Bonchev–Trinajstić information content (AvgIpc) is 3.21. The van der Waals surface area contributed by atoms with Gasteiger partial charge in [0.15, 0.2) is 0 Å². The molecule has 4 nitrogen and oxygen atoms in total. The number of hydrogen-bond donors (Lipinski definition) is 0. The first kappa shape index (κ1) is 20.5. The fraction of sp³-hybridized carbons (Fsp3) is 0.652. The second-order valence-electron chi connectivity index (χ2n) is 7.94. The Morgan fingerprint density at radius 1 is 1.15 bits per heavy atom. The summed E-state index contributed by atoms with van der Waals surface area (Å²) in [5.74, 6) is 0.801. The van der Waals surface area contributed by atoms with Crippen molar-refractivity contribution in [1.82, 2.24) is 9.80 Å². The molecule has 2 saturated heterocycles. The van der Waals surface area contributed by atoms with Gasteiger partial charge in [-0.25, -0.2) is 0 Å². The molecular formula is C23H36N2O2. The number of hydrogen-bond acceptors (Lipinski definition) is 4. The van der Waals surface area contributed by atoms with Crippen LogP contribution in [0.2, 0.25) is 0 Å². The summed E-state index contributed by atoms with van der Waals surface area (Å²) in [4.78, 5) is 5.16. The number of rotatable bonds is 10. The van der Waals surface area contributed by atoms with Crippen LogP contribution in [0.25, 0.3) is 6.08 Å². The summed E-state index contributed by atoms with van der Waals surface area (Å²) in [7, 11) is 1.79. The van der Waals surface area contributed by atoms with Gasteiger partial charge in [0.05, 0.1) is 12.7 Å². The van der Waals surface area contributed by atoms with Crippen molar-refractivity contribution in [1.29, 1.82) is 0 Å². The van der Waals surface area contributed by atoms with E-state index in [1.54, 1.807) is 7.11 Å². The van der Waals surface area contributed by atoms with E-state index in [0.717, 1.165) is 38.8 Å². The molecule has 0 saturated carbocycles. The molecule has 0 aliphatic carbocycles. The predicted octanol–water partition coefficient (Wildman–Crippen LogP) is 3.54. The monoisotopic (exact) mass is 372 g/mol. The summed E-state index contributed by atoms with van der Waals surface area (Å²) in [6.45, 7) is 8.56. The molecule has 1 atom stereocenters. The van der Waals surface area contributed by atoms with E-state index < -0.39 is 0 Å². The summed E-state index contributed by atoms with van der Waals surface area (Å²) in [6, 6.07) is 10.6. The Bertz CT molecular complexity index is 535. The predicted molar refractivity (Wildman–Crippen MR) is 112 cm³/mol. The normalized spacial score (nSPS) is 22.2. The first-order valence-corrected chi connectivity index (χ1v) is 10.6. The maximum Gasteiger partial charge on any atom is 0.0702 e. The standard InChI is InChI=1S/C23H36N2O2/c1-26-18-16-24-14-11-22(12-15-24)19-25(20-23-10-6-17-27-23)13-5-9-21-7-3-2-4-8-21/h2-5,7-9,22-23H,6,10-20H2,1H3/b9-5+/t23-/m0/s1. The first-order valence-electron chi connectivity index (χ1n) is 10.6. The third-order valence-corrected chi connectivity index (χ3v) is 5.79. The Morgan fingerprint density at radius 3 is 2.67 bits per heavy atom. The number of piperidine rings is 1. The lowest BCUT2D eigenvalue weighted by Crippen LogP contribution is -2.41. The molecule has 0 bridgehead atoms. The molecule has 3 rings (SSSR count). The van der Waals surface area contributed by atoms with Crippen LogP contribution in [-0.2, 0) is 9.47 Å². The van der Waals surface area contributed by atoms with E-state index in [2.05, 4.69) is 52.3 Å². The van der Waals surface area contributed by atoms with Crippen molar-refractivity contribution in [3.05, 3.63) is 42.0 Å². The molecule has 0 radical (unpaired) electrons. The summed E-state index contributed by atoms with van der Waals surface area (Å²) in [5, 5.41) is 0. The van der Waals surface area contributed by atoms with Gasteiger partial charge < -0.3 is 14.4 Å². The fourth-order valence-electron chi connectivity index (χ4n) is 4.18. The van der Waals surface area contributed by atoms with Crippen molar-refractivity contribution in [3.8, 4) is 0 Å². The molecule has 2 aliphatic heterocycles. The minimum atomic E-state index is 0.428. The van der Waals surface area contributed by atoms with E-state index >= 15 is 0 Å².